The molecule has 2 atom stereocenters. The summed E-state index contributed by atoms with van der Waals surface area (Å²) in [5, 5.41) is 17.9. The zero-order valence-electron chi connectivity index (χ0n) is 9.64. The van der Waals surface area contributed by atoms with Gasteiger partial charge in [0.05, 0.1) is 11.7 Å². The average molecular weight is 247 g/mol. The van der Waals surface area contributed by atoms with Crippen LogP contribution in [0.3, 0.4) is 0 Å². The summed E-state index contributed by atoms with van der Waals surface area (Å²) in [7, 11) is 1.55. The predicted molar refractivity (Wildman–Crippen MR) is 61.1 cm³/mol. The van der Waals surface area contributed by atoms with Crippen LogP contribution in [0.2, 0.25) is 0 Å². The third-order valence-electron chi connectivity index (χ3n) is 2.53. The summed E-state index contributed by atoms with van der Waals surface area (Å²) < 4.78 is -0.503. The van der Waals surface area contributed by atoms with Gasteiger partial charge in [-0.05, 0) is 0 Å². The molecule has 1 fully saturated rings. The van der Waals surface area contributed by atoms with Crippen LogP contribution in [0.15, 0.2) is 0 Å². The van der Waals surface area contributed by atoms with E-state index in [-0.39, 0.29) is 17.6 Å². The van der Waals surface area contributed by atoms with E-state index < -0.39 is 16.9 Å². The van der Waals surface area contributed by atoms with Crippen LogP contribution < -0.4 is 0 Å². The smallest absolute Gasteiger partial charge is 0.304 e. The zero-order valence-corrected chi connectivity index (χ0v) is 10.5. The molecule has 0 spiro atoms. The van der Waals surface area contributed by atoms with Crippen LogP contribution in [-0.2, 0) is 9.59 Å². The number of carbonyl (C=O) groups excluding carboxylic acids is 1. The fraction of sp³-hybridized carbons (Fsp3) is 0.800. The lowest BCUT2D eigenvalue weighted by Gasteiger charge is -2.24. The van der Waals surface area contributed by atoms with Gasteiger partial charge < -0.3 is 15.1 Å². The fourth-order valence-electron chi connectivity index (χ4n) is 1.71. The summed E-state index contributed by atoms with van der Waals surface area (Å²) >= 11 is 1.32. The van der Waals surface area contributed by atoms with Gasteiger partial charge in [0, 0.05) is 18.2 Å². The van der Waals surface area contributed by atoms with Crippen molar-refractivity contribution in [3.05, 3.63) is 0 Å². The lowest BCUT2D eigenvalue weighted by atomic mass is 10.1. The number of aliphatic carboxylic acids is 1. The first-order valence-corrected chi connectivity index (χ1v) is 5.95. The monoisotopic (exact) mass is 247 g/mol. The Labute approximate surface area is 98.8 Å². The number of carboxylic acids is 1. The van der Waals surface area contributed by atoms with Crippen molar-refractivity contribution in [1.82, 2.24) is 4.90 Å². The first kappa shape index (κ1) is 13.3. The number of amides is 1. The molecular weight excluding hydrogens is 230 g/mol. The molecule has 1 rings (SSSR count). The van der Waals surface area contributed by atoms with E-state index in [1.807, 2.05) is 0 Å². The minimum atomic E-state index is -0.878. The molecule has 0 aromatic carbocycles. The Balaban J connectivity index is 2.61. The number of hydrogen-bond acceptors (Lipinski definition) is 4. The molecule has 0 radical (unpaired) electrons. The van der Waals surface area contributed by atoms with Crippen molar-refractivity contribution in [2.75, 3.05) is 7.05 Å². The summed E-state index contributed by atoms with van der Waals surface area (Å²) in [5.41, 5.74) is 0. The van der Waals surface area contributed by atoms with Crippen molar-refractivity contribution in [1.29, 1.82) is 0 Å². The van der Waals surface area contributed by atoms with E-state index in [4.69, 9.17) is 5.11 Å². The summed E-state index contributed by atoms with van der Waals surface area (Å²) in [6.07, 6.45) is -0.379. The van der Waals surface area contributed by atoms with E-state index in [0.717, 1.165) is 0 Å². The molecule has 92 valence electrons. The maximum absolute atomic E-state index is 11.7. The molecular formula is C10H17NO4S. The van der Waals surface area contributed by atoms with Gasteiger partial charge in [-0.25, -0.2) is 0 Å². The molecule has 0 aliphatic carbocycles. The molecule has 0 saturated carbocycles. The first-order valence-electron chi connectivity index (χ1n) is 5.07. The molecule has 0 aromatic heterocycles. The van der Waals surface area contributed by atoms with Gasteiger partial charge in [-0.1, -0.05) is 13.8 Å². The molecule has 0 aromatic rings. The SMILES string of the molecule is CN1C(=O)C(SC(C)(C)CC(=O)O)CC1O. The van der Waals surface area contributed by atoms with Crippen LogP contribution in [0.1, 0.15) is 26.7 Å². The Morgan fingerprint density at radius 1 is 1.62 bits per heavy atom. The van der Waals surface area contributed by atoms with Crippen LogP contribution in [0.25, 0.3) is 0 Å². The molecule has 6 heteroatoms. The van der Waals surface area contributed by atoms with Gasteiger partial charge in [0.1, 0.15) is 6.23 Å². The van der Waals surface area contributed by atoms with E-state index in [1.54, 1.807) is 20.9 Å². The van der Waals surface area contributed by atoms with E-state index in [0.29, 0.717) is 6.42 Å². The van der Waals surface area contributed by atoms with Gasteiger partial charge in [-0.2, -0.15) is 0 Å². The van der Waals surface area contributed by atoms with Crippen molar-refractivity contribution in [3.63, 3.8) is 0 Å². The predicted octanol–water partition coefficient (Wildman–Crippen LogP) is 0.522. The Bertz CT molecular complexity index is 305. The summed E-state index contributed by atoms with van der Waals surface area (Å²) in [5.74, 6) is -1.01. The van der Waals surface area contributed by atoms with Crippen LogP contribution >= 0.6 is 11.8 Å². The van der Waals surface area contributed by atoms with Gasteiger partial charge in [-0.15, -0.1) is 11.8 Å². The van der Waals surface area contributed by atoms with E-state index >= 15 is 0 Å². The highest BCUT2D eigenvalue weighted by Crippen LogP contribution is 2.37. The van der Waals surface area contributed by atoms with Crippen LogP contribution in [0.4, 0.5) is 0 Å². The van der Waals surface area contributed by atoms with Crippen molar-refractivity contribution >= 4 is 23.6 Å². The normalized spacial score (nSPS) is 26.2. The van der Waals surface area contributed by atoms with Crippen LogP contribution in [0, 0.1) is 0 Å². The Morgan fingerprint density at radius 2 is 2.19 bits per heavy atom. The number of aliphatic hydroxyl groups is 1. The van der Waals surface area contributed by atoms with Gasteiger partial charge in [0.25, 0.3) is 0 Å². The van der Waals surface area contributed by atoms with Gasteiger partial charge >= 0.3 is 5.97 Å². The maximum atomic E-state index is 11.7. The Morgan fingerprint density at radius 3 is 2.56 bits per heavy atom. The second-order valence-corrected chi connectivity index (χ2v) is 6.51. The van der Waals surface area contributed by atoms with Crippen molar-refractivity contribution in [2.45, 2.75) is 42.9 Å². The zero-order chi connectivity index (χ0) is 12.5. The molecule has 16 heavy (non-hydrogen) atoms. The molecule has 1 heterocycles. The molecule has 2 unspecified atom stereocenters. The molecule has 1 saturated heterocycles. The summed E-state index contributed by atoms with van der Waals surface area (Å²) in [6.45, 7) is 3.59. The van der Waals surface area contributed by atoms with Gasteiger partial charge in [0.15, 0.2) is 0 Å². The third-order valence-corrected chi connectivity index (χ3v) is 3.99. The first-order chi connectivity index (χ1) is 7.23. The number of carboxylic acid groups (broad SMARTS) is 1. The number of carbonyl (C=O) groups is 2. The highest BCUT2D eigenvalue weighted by Gasteiger charge is 2.40. The Hall–Kier alpha value is -0.750. The van der Waals surface area contributed by atoms with Crippen LogP contribution in [0.5, 0.6) is 0 Å². The maximum Gasteiger partial charge on any atom is 0.304 e. The summed E-state index contributed by atoms with van der Waals surface area (Å²) in [6, 6.07) is 0. The molecule has 1 amide bonds. The second kappa shape index (κ2) is 4.63. The van der Waals surface area contributed by atoms with Crippen molar-refractivity contribution < 1.29 is 19.8 Å². The van der Waals surface area contributed by atoms with E-state index in [2.05, 4.69) is 0 Å². The van der Waals surface area contributed by atoms with E-state index in [9.17, 15) is 14.7 Å². The minimum Gasteiger partial charge on any atom is -0.481 e. The molecule has 2 N–H and O–H groups in total. The largest absolute Gasteiger partial charge is 0.481 e. The number of hydrogen-bond donors (Lipinski definition) is 2. The third kappa shape index (κ3) is 3.12. The standard InChI is InChI=1S/C10H17NO4S/c1-10(2,5-8(13)14)16-6-4-7(12)11(3)9(6)15/h6-7,12H,4-5H2,1-3H3,(H,13,14). The average Bonchev–Trinajstić information content (AvgIpc) is 2.30. The number of nitrogens with zero attached hydrogens (tertiary/aromatic N) is 1. The second-order valence-electron chi connectivity index (χ2n) is 4.60. The Kier molecular flexibility index (Phi) is 3.85. The fourth-order valence-corrected chi connectivity index (χ4v) is 3.23. The topological polar surface area (TPSA) is 77.8 Å². The van der Waals surface area contributed by atoms with E-state index in [1.165, 1.54) is 16.7 Å². The van der Waals surface area contributed by atoms with Crippen molar-refractivity contribution in [2.24, 2.45) is 0 Å². The lowest BCUT2D eigenvalue weighted by molar-refractivity contribution is -0.137. The molecule has 1 aliphatic heterocycles. The number of likely N-dealkylation sites (tertiary alicyclic amines) is 1. The highest BCUT2D eigenvalue weighted by molar-refractivity contribution is 8.01. The highest BCUT2D eigenvalue weighted by atomic mass is 32.2. The van der Waals surface area contributed by atoms with Crippen molar-refractivity contribution in [3.8, 4) is 0 Å². The van der Waals surface area contributed by atoms with Gasteiger partial charge in [0.2, 0.25) is 5.91 Å². The lowest BCUT2D eigenvalue weighted by Crippen LogP contribution is -2.31. The number of thioether (sulfide) groups is 1. The van der Waals surface area contributed by atoms with Gasteiger partial charge in [-0.3, -0.25) is 9.59 Å². The van der Waals surface area contributed by atoms with Crippen LogP contribution in [-0.4, -0.2) is 50.3 Å². The quantitative estimate of drug-likeness (QED) is 0.757. The number of rotatable bonds is 4. The molecule has 0 bridgehead atoms. The molecule has 1 aliphatic rings. The number of aliphatic hydroxyl groups excluding tert-OH is 1. The minimum absolute atomic E-state index is 0.00125. The summed E-state index contributed by atoms with van der Waals surface area (Å²) in [4.78, 5) is 23.6. The molecule has 5 nitrogen and oxygen atoms in total.